The highest BCUT2D eigenvalue weighted by Gasteiger charge is 2.09. The highest BCUT2D eigenvalue weighted by Crippen LogP contribution is 2.28. The molecule has 2 rings (SSSR count). The molecule has 2 heterocycles. The maximum absolute atomic E-state index is 11.5. The molecule has 0 radical (unpaired) electrons. The quantitative estimate of drug-likeness (QED) is 0.682. The average Bonchev–Trinajstić information content (AvgIpc) is 2.73. The maximum Gasteiger partial charge on any atom is 0.230 e. The van der Waals surface area contributed by atoms with E-state index in [1.807, 2.05) is 25.3 Å². The van der Waals surface area contributed by atoms with E-state index in [1.54, 1.807) is 11.3 Å². The van der Waals surface area contributed by atoms with Gasteiger partial charge in [-0.25, -0.2) is 9.97 Å². The molecule has 0 aliphatic rings. The lowest BCUT2D eigenvalue weighted by Gasteiger charge is -2.07. The number of aromatic nitrogens is 2. The molecule has 0 spiro atoms. The van der Waals surface area contributed by atoms with Crippen LogP contribution in [0, 0.1) is 0 Å². The first-order valence-corrected chi connectivity index (χ1v) is 7.13. The predicted octanol–water partition coefficient (Wildman–Crippen LogP) is 2.31. The fourth-order valence-electron chi connectivity index (χ4n) is 1.37. The average molecular weight is 267 g/mol. The van der Waals surface area contributed by atoms with E-state index in [4.69, 9.17) is 0 Å². The summed E-state index contributed by atoms with van der Waals surface area (Å²) in [5, 5.41) is 5.72. The zero-order valence-electron chi connectivity index (χ0n) is 9.64. The number of nitrogens with zero attached hydrogens (tertiary/aromatic N) is 2. The largest absolute Gasteiger partial charge is 0.353 e. The first kappa shape index (κ1) is 12.3. The van der Waals surface area contributed by atoms with E-state index in [0.29, 0.717) is 5.75 Å². The van der Waals surface area contributed by atoms with Gasteiger partial charge in [0, 0.05) is 6.04 Å². The van der Waals surface area contributed by atoms with Crippen molar-refractivity contribution in [2.24, 2.45) is 0 Å². The minimum absolute atomic E-state index is 0.0355. The summed E-state index contributed by atoms with van der Waals surface area (Å²) in [6, 6.07) is 2.13. The van der Waals surface area contributed by atoms with Crippen LogP contribution >= 0.6 is 23.1 Å². The second kappa shape index (κ2) is 5.46. The van der Waals surface area contributed by atoms with Gasteiger partial charge >= 0.3 is 0 Å². The zero-order chi connectivity index (χ0) is 12.3. The molecule has 17 heavy (non-hydrogen) atoms. The van der Waals surface area contributed by atoms with Crippen LogP contribution in [0.3, 0.4) is 0 Å². The van der Waals surface area contributed by atoms with Crippen LogP contribution in [0.5, 0.6) is 0 Å². The van der Waals surface area contributed by atoms with E-state index in [0.717, 1.165) is 15.2 Å². The van der Waals surface area contributed by atoms with Crippen molar-refractivity contribution >= 4 is 39.2 Å². The van der Waals surface area contributed by atoms with Crippen LogP contribution in [-0.4, -0.2) is 27.7 Å². The molecule has 1 amide bonds. The number of carbonyl (C=O) groups is 1. The normalized spacial score (nSPS) is 11.0. The molecular weight excluding hydrogens is 254 g/mol. The summed E-state index contributed by atoms with van der Waals surface area (Å²) < 4.78 is 1.05. The molecule has 2 aromatic rings. The Morgan fingerprint density at radius 1 is 1.53 bits per heavy atom. The van der Waals surface area contributed by atoms with Crippen LogP contribution < -0.4 is 5.32 Å². The van der Waals surface area contributed by atoms with Gasteiger partial charge in [-0.3, -0.25) is 4.79 Å². The van der Waals surface area contributed by atoms with Gasteiger partial charge < -0.3 is 5.32 Å². The van der Waals surface area contributed by atoms with Crippen molar-refractivity contribution in [3.05, 3.63) is 17.8 Å². The summed E-state index contributed by atoms with van der Waals surface area (Å²) >= 11 is 3.05. The van der Waals surface area contributed by atoms with Gasteiger partial charge in [-0.05, 0) is 25.3 Å². The van der Waals surface area contributed by atoms with Gasteiger partial charge in [0.2, 0.25) is 5.91 Å². The number of rotatable bonds is 4. The molecule has 0 bridgehead atoms. The van der Waals surface area contributed by atoms with E-state index >= 15 is 0 Å². The second-order valence-corrected chi connectivity index (χ2v) is 5.70. The minimum Gasteiger partial charge on any atom is -0.353 e. The Morgan fingerprint density at radius 2 is 2.35 bits per heavy atom. The van der Waals surface area contributed by atoms with Crippen molar-refractivity contribution in [3.63, 3.8) is 0 Å². The van der Waals surface area contributed by atoms with Gasteiger partial charge in [-0.15, -0.1) is 11.3 Å². The molecule has 0 saturated carbocycles. The van der Waals surface area contributed by atoms with E-state index in [9.17, 15) is 4.79 Å². The Bertz CT molecular complexity index is 524. The lowest BCUT2D eigenvalue weighted by atomic mass is 10.4. The Labute approximate surface area is 108 Å². The van der Waals surface area contributed by atoms with Crippen molar-refractivity contribution < 1.29 is 4.79 Å². The summed E-state index contributed by atoms with van der Waals surface area (Å²) in [4.78, 5) is 19.9. The van der Waals surface area contributed by atoms with Gasteiger partial charge in [0.15, 0.2) is 0 Å². The van der Waals surface area contributed by atoms with Crippen LogP contribution in [0.4, 0.5) is 0 Å². The molecule has 0 fully saturated rings. The van der Waals surface area contributed by atoms with E-state index in [1.165, 1.54) is 18.1 Å². The summed E-state index contributed by atoms with van der Waals surface area (Å²) in [7, 11) is 0. The fourth-order valence-corrected chi connectivity index (χ4v) is 3.12. The van der Waals surface area contributed by atoms with Crippen molar-refractivity contribution in [1.29, 1.82) is 0 Å². The lowest BCUT2D eigenvalue weighted by Crippen LogP contribution is -2.31. The molecule has 6 heteroatoms. The number of fused-ring (bicyclic) bond motifs is 1. The molecule has 0 unspecified atom stereocenters. The molecule has 0 aliphatic heterocycles. The second-order valence-electron chi connectivity index (χ2n) is 3.82. The van der Waals surface area contributed by atoms with Crippen molar-refractivity contribution in [1.82, 2.24) is 15.3 Å². The van der Waals surface area contributed by atoms with Crippen LogP contribution in [0.2, 0.25) is 0 Å². The third kappa shape index (κ3) is 3.17. The molecule has 2 aromatic heterocycles. The van der Waals surface area contributed by atoms with Gasteiger partial charge in [0.25, 0.3) is 0 Å². The monoisotopic (exact) mass is 267 g/mol. The standard InChI is InChI=1S/C11H13N3OS2/c1-7(2)14-9(15)5-17-11-10-8(3-4-16-10)12-6-13-11/h3-4,6-7H,5H2,1-2H3,(H,14,15). The summed E-state index contributed by atoms with van der Waals surface area (Å²) in [5.74, 6) is 0.427. The molecule has 1 N–H and O–H groups in total. The Hall–Kier alpha value is -1.14. The number of thiophene rings is 1. The fraction of sp³-hybridized carbons (Fsp3) is 0.364. The minimum atomic E-state index is 0.0355. The number of amides is 1. The van der Waals surface area contributed by atoms with Gasteiger partial charge in [0.1, 0.15) is 11.4 Å². The third-order valence-corrected chi connectivity index (χ3v) is 4.03. The molecule has 4 nitrogen and oxygen atoms in total. The topological polar surface area (TPSA) is 54.9 Å². The first-order chi connectivity index (χ1) is 8.16. The summed E-state index contributed by atoms with van der Waals surface area (Å²) in [6.07, 6.45) is 1.54. The number of hydrogen-bond acceptors (Lipinski definition) is 5. The molecule has 0 atom stereocenters. The number of carbonyl (C=O) groups excluding carboxylic acids is 1. The number of nitrogens with one attached hydrogen (secondary N) is 1. The first-order valence-electron chi connectivity index (χ1n) is 5.27. The van der Waals surface area contributed by atoms with Gasteiger partial charge in [0.05, 0.1) is 16.0 Å². The highest BCUT2D eigenvalue weighted by molar-refractivity contribution is 8.00. The number of hydrogen-bond donors (Lipinski definition) is 1. The Kier molecular flexibility index (Phi) is 3.96. The predicted molar refractivity (Wildman–Crippen MR) is 71.4 cm³/mol. The van der Waals surface area contributed by atoms with Crippen molar-refractivity contribution in [3.8, 4) is 0 Å². The molecular formula is C11H13N3OS2. The Morgan fingerprint density at radius 3 is 3.12 bits per heavy atom. The summed E-state index contributed by atoms with van der Waals surface area (Å²) in [5.41, 5.74) is 0.941. The highest BCUT2D eigenvalue weighted by atomic mass is 32.2. The zero-order valence-corrected chi connectivity index (χ0v) is 11.3. The maximum atomic E-state index is 11.5. The van der Waals surface area contributed by atoms with E-state index in [2.05, 4.69) is 15.3 Å². The molecule has 0 aliphatic carbocycles. The SMILES string of the molecule is CC(C)NC(=O)CSc1ncnc2ccsc12. The van der Waals surface area contributed by atoms with Crippen LogP contribution in [-0.2, 0) is 4.79 Å². The number of thioether (sulfide) groups is 1. The van der Waals surface area contributed by atoms with Crippen LogP contribution in [0.1, 0.15) is 13.8 Å². The summed E-state index contributed by atoms with van der Waals surface area (Å²) in [6.45, 7) is 3.90. The Balaban J connectivity index is 2.04. The smallest absolute Gasteiger partial charge is 0.230 e. The van der Waals surface area contributed by atoms with Gasteiger partial charge in [-0.1, -0.05) is 11.8 Å². The van der Waals surface area contributed by atoms with E-state index in [-0.39, 0.29) is 11.9 Å². The van der Waals surface area contributed by atoms with E-state index < -0.39 is 0 Å². The lowest BCUT2D eigenvalue weighted by molar-refractivity contribution is -0.119. The van der Waals surface area contributed by atoms with Crippen LogP contribution in [0.25, 0.3) is 10.2 Å². The van der Waals surface area contributed by atoms with Crippen LogP contribution in [0.15, 0.2) is 22.8 Å². The molecule has 0 aromatic carbocycles. The third-order valence-electron chi connectivity index (χ3n) is 2.00. The molecule has 0 saturated heterocycles. The molecule has 90 valence electrons. The van der Waals surface area contributed by atoms with Crippen molar-refractivity contribution in [2.45, 2.75) is 24.9 Å². The van der Waals surface area contributed by atoms with Crippen molar-refractivity contribution in [2.75, 3.05) is 5.75 Å². The van der Waals surface area contributed by atoms with Gasteiger partial charge in [-0.2, -0.15) is 0 Å².